The van der Waals surface area contributed by atoms with Crippen LogP contribution in [-0.2, 0) is 0 Å². The monoisotopic (exact) mass is 517 g/mol. The summed E-state index contributed by atoms with van der Waals surface area (Å²) in [5.74, 6) is -13.4. The molecular formula is C19H9EuF5O2. The molecule has 0 fully saturated rings. The summed E-state index contributed by atoms with van der Waals surface area (Å²) in [5.41, 5.74) is -1.49. The van der Waals surface area contributed by atoms with E-state index in [2.05, 4.69) is 0 Å². The van der Waals surface area contributed by atoms with Gasteiger partial charge in [-0.3, -0.25) is 4.79 Å². The maximum Gasteiger partial charge on any atom is 0.200 e. The van der Waals surface area contributed by atoms with E-state index in [9.17, 15) is 31.9 Å². The molecule has 0 unspecified atom stereocenters. The van der Waals surface area contributed by atoms with Crippen molar-refractivity contribution in [1.29, 1.82) is 0 Å². The number of benzene rings is 3. The molecular weight excluding hydrogens is 507 g/mol. The molecule has 139 valence electrons. The average Bonchev–Trinajstić information content (AvgIpc) is 2.64. The van der Waals surface area contributed by atoms with Crippen molar-refractivity contribution in [2.24, 2.45) is 0 Å². The van der Waals surface area contributed by atoms with E-state index in [-0.39, 0.29) is 54.9 Å². The van der Waals surface area contributed by atoms with Gasteiger partial charge in [0.1, 0.15) is 5.76 Å². The number of aliphatic hydroxyl groups excluding tert-OH is 1. The van der Waals surface area contributed by atoms with E-state index in [0.29, 0.717) is 11.5 Å². The Morgan fingerprint density at radius 1 is 0.778 bits per heavy atom. The SMILES string of the molecule is O=C(/C=C(\O)c1c(F)c(F)c(F)c(F)c1F)c1ccc2ccccc2c1.[Eu]. The number of carbonyl (C=O) groups is 1. The van der Waals surface area contributed by atoms with E-state index < -0.39 is 46.2 Å². The minimum atomic E-state index is -2.35. The summed E-state index contributed by atoms with van der Waals surface area (Å²) in [6.07, 6.45) is 0.405. The second-order valence-electron chi connectivity index (χ2n) is 5.40. The molecule has 1 N–H and O–H groups in total. The van der Waals surface area contributed by atoms with Gasteiger partial charge in [0.25, 0.3) is 0 Å². The van der Waals surface area contributed by atoms with Crippen molar-refractivity contribution in [3.63, 3.8) is 0 Å². The fraction of sp³-hybridized carbons (Fsp3) is 0. The number of halogens is 5. The van der Waals surface area contributed by atoms with Gasteiger partial charge in [0.15, 0.2) is 29.1 Å². The molecule has 0 amide bonds. The molecule has 0 aliphatic heterocycles. The van der Waals surface area contributed by atoms with Crippen LogP contribution in [0.5, 0.6) is 0 Å². The summed E-state index contributed by atoms with van der Waals surface area (Å²) in [6, 6.07) is 11.5. The smallest absolute Gasteiger partial charge is 0.200 e. The molecule has 1 radical (unpaired) electrons. The quantitative estimate of drug-likeness (QED) is 0.128. The Morgan fingerprint density at radius 3 is 1.89 bits per heavy atom. The van der Waals surface area contributed by atoms with Crippen molar-refractivity contribution in [3.05, 3.63) is 88.8 Å². The van der Waals surface area contributed by atoms with Gasteiger partial charge >= 0.3 is 0 Å². The molecule has 2 nitrogen and oxygen atoms in total. The third-order valence-electron chi connectivity index (χ3n) is 3.77. The van der Waals surface area contributed by atoms with Crippen LogP contribution in [0.15, 0.2) is 48.5 Å². The number of hydrogen-bond acceptors (Lipinski definition) is 2. The van der Waals surface area contributed by atoms with Crippen LogP contribution in [0.4, 0.5) is 22.0 Å². The van der Waals surface area contributed by atoms with Crippen LogP contribution in [0.25, 0.3) is 16.5 Å². The van der Waals surface area contributed by atoms with Crippen LogP contribution >= 0.6 is 0 Å². The van der Waals surface area contributed by atoms with Gasteiger partial charge in [0.05, 0.1) is 5.56 Å². The maximum atomic E-state index is 13.7. The Balaban J connectivity index is 0.00000261. The summed E-state index contributed by atoms with van der Waals surface area (Å²) < 4.78 is 66.8. The summed E-state index contributed by atoms with van der Waals surface area (Å²) in [7, 11) is 0. The zero-order chi connectivity index (χ0) is 19.0. The van der Waals surface area contributed by atoms with E-state index in [1.54, 1.807) is 30.3 Å². The molecule has 8 heteroatoms. The van der Waals surface area contributed by atoms with Gasteiger partial charge in [0, 0.05) is 61.0 Å². The second kappa shape index (κ2) is 8.58. The standard InChI is InChI=1S/C19H9F5O2.Eu/c20-15-14(16(21)18(23)19(24)17(15)22)13(26)8-12(25)11-6-5-9-3-1-2-4-10(9)7-11;/h1-8,26H;/b13-8-;. The summed E-state index contributed by atoms with van der Waals surface area (Å²) >= 11 is 0. The minimum absolute atomic E-state index is 0. The Bertz CT molecular complexity index is 1050. The second-order valence-corrected chi connectivity index (χ2v) is 5.40. The Kier molecular flexibility index (Phi) is 6.89. The number of hydrogen-bond donors (Lipinski definition) is 1. The zero-order valence-corrected chi connectivity index (χ0v) is 15.7. The molecule has 27 heavy (non-hydrogen) atoms. The minimum Gasteiger partial charge on any atom is -0.507 e. The van der Waals surface area contributed by atoms with Crippen LogP contribution in [0, 0.1) is 78.5 Å². The molecule has 0 spiro atoms. The summed E-state index contributed by atoms with van der Waals surface area (Å²) in [6.45, 7) is 0. The van der Waals surface area contributed by atoms with E-state index >= 15 is 0 Å². The van der Waals surface area contributed by atoms with Crippen LogP contribution in [0.1, 0.15) is 15.9 Å². The first-order valence-corrected chi connectivity index (χ1v) is 7.27. The number of carbonyl (C=O) groups excluding carboxylic acids is 1. The van der Waals surface area contributed by atoms with E-state index in [4.69, 9.17) is 0 Å². The molecule has 3 aromatic carbocycles. The van der Waals surface area contributed by atoms with Crippen molar-refractivity contribution in [3.8, 4) is 0 Å². The molecule has 0 heterocycles. The first-order valence-electron chi connectivity index (χ1n) is 7.27. The molecule has 3 aromatic rings. The van der Waals surface area contributed by atoms with Crippen molar-refractivity contribution >= 4 is 22.3 Å². The fourth-order valence-electron chi connectivity index (χ4n) is 2.45. The van der Waals surface area contributed by atoms with Gasteiger partial charge < -0.3 is 5.11 Å². The predicted octanol–water partition coefficient (Wildman–Crippen LogP) is 5.32. The van der Waals surface area contributed by atoms with E-state index in [0.717, 1.165) is 5.39 Å². The van der Waals surface area contributed by atoms with Crippen molar-refractivity contribution in [1.82, 2.24) is 0 Å². The normalized spacial score (nSPS) is 11.4. The van der Waals surface area contributed by atoms with Gasteiger partial charge in [-0.15, -0.1) is 0 Å². The van der Waals surface area contributed by atoms with Crippen LogP contribution in [-0.4, -0.2) is 10.9 Å². The third-order valence-corrected chi connectivity index (χ3v) is 3.77. The molecule has 0 bridgehead atoms. The largest absolute Gasteiger partial charge is 0.507 e. The number of ketones is 1. The van der Waals surface area contributed by atoms with Crippen LogP contribution in [0.3, 0.4) is 0 Å². The average molecular weight is 516 g/mol. The Labute approximate surface area is 190 Å². The van der Waals surface area contributed by atoms with E-state index in [1.165, 1.54) is 12.1 Å². The summed E-state index contributed by atoms with van der Waals surface area (Å²) in [5, 5.41) is 11.3. The molecule has 3 rings (SSSR count). The van der Waals surface area contributed by atoms with Crippen molar-refractivity contribution < 1.29 is 81.2 Å². The topological polar surface area (TPSA) is 37.3 Å². The number of fused-ring (bicyclic) bond motifs is 1. The van der Waals surface area contributed by atoms with Gasteiger partial charge in [-0.25, -0.2) is 22.0 Å². The molecule has 0 atom stereocenters. The Hall–Kier alpha value is -1.64. The van der Waals surface area contributed by atoms with Gasteiger partial charge in [-0.1, -0.05) is 36.4 Å². The molecule has 0 saturated heterocycles. The number of rotatable bonds is 3. The first kappa shape index (κ1) is 21.7. The number of aliphatic hydroxyl groups is 1. The van der Waals surface area contributed by atoms with Crippen LogP contribution < -0.4 is 0 Å². The predicted molar refractivity (Wildman–Crippen MR) is 85.1 cm³/mol. The third kappa shape index (κ3) is 4.12. The maximum absolute atomic E-state index is 13.7. The molecule has 0 saturated carbocycles. The van der Waals surface area contributed by atoms with Gasteiger partial charge in [-0.05, 0) is 16.8 Å². The summed E-state index contributed by atoms with van der Waals surface area (Å²) in [4.78, 5) is 12.2. The molecule has 0 aliphatic rings. The number of allylic oxidation sites excluding steroid dienone is 1. The van der Waals surface area contributed by atoms with E-state index in [1.807, 2.05) is 0 Å². The van der Waals surface area contributed by atoms with Crippen molar-refractivity contribution in [2.45, 2.75) is 0 Å². The molecule has 0 aliphatic carbocycles. The van der Waals surface area contributed by atoms with Gasteiger partial charge in [-0.2, -0.15) is 0 Å². The first-order chi connectivity index (χ1) is 12.3. The van der Waals surface area contributed by atoms with Gasteiger partial charge in [0.2, 0.25) is 5.82 Å². The Morgan fingerprint density at radius 2 is 1.30 bits per heavy atom. The molecule has 0 aromatic heterocycles. The zero-order valence-electron chi connectivity index (χ0n) is 13.2. The fourth-order valence-corrected chi connectivity index (χ4v) is 2.45. The van der Waals surface area contributed by atoms with Crippen molar-refractivity contribution in [2.75, 3.05) is 0 Å². The van der Waals surface area contributed by atoms with Crippen LogP contribution in [0.2, 0.25) is 0 Å².